The summed E-state index contributed by atoms with van der Waals surface area (Å²) in [6.07, 6.45) is 12.5. The van der Waals surface area contributed by atoms with Crippen molar-refractivity contribution in [3.05, 3.63) is 47.8 Å². The third-order valence-electron chi connectivity index (χ3n) is 4.71. The highest BCUT2D eigenvalue weighted by Crippen LogP contribution is 2.37. The molecule has 0 amide bonds. The number of allylic oxidation sites excluding steroid dienone is 1. The molecule has 1 aromatic rings. The Kier molecular flexibility index (Phi) is 6.29. The van der Waals surface area contributed by atoms with E-state index in [0.29, 0.717) is 12.8 Å². The fraction of sp³-hybridized carbons (Fsp3) is 0.579. The molecule has 1 saturated carbocycles. The van der Waals surface area contributed by atoms with Crippen molar-refractivity contribution >= 4 is 0 Å². The van der Waals surface area contributed by atoms with Crippen LogP contribution >= 0.6 is 0 Å². The van der Waals surface area contributed by atoms with Gasteiger partial charge in [-0.25, -0.2) is 4.39 Å². The van der Waals surface area contributed by atoms with E-state index in [2.05, 4.69) is 31.2 Å². The Morgan fingerprint density at radius 3 is 2.40 bits per heavy atom. The fourth-order valence-corrected chi connectivity index (χ4v) is 3.38. The average Bonchev–Trinajstić information content (AvgIpc) is 2.52. The Labute approximate surface area is 123 Å². The number of benzene rings is 1. The van der Waals surface area contributed by atoms with E-state index in [9.17, 15) is 4.39 Å². The molecule has 1 aromatic carbocycles. The van der Waals surface area contributed by atoms with E-state index in [-0.39, 0.29) is 0 Å². The fourth-order valence-electron chi connectivity index (χ4n) is 3.38. The van der Waals surface area contributed by atoms with E-state index in [1.54, 1.807) is 6.08 Å². The van der Waals surface area contributed by atoms with Gasteiger partial charge in [0.05, 0.1) is 6.33 Å². The predicted molar refractivity (Wildman–Crippen MR) is 84.6 cm³/mol. The highest BCUT2D eigenvalue weighted by atomic mass is 19.1. The van der Waals surface area contributed by atoms with Crippen LogP contribution in [0.5, 0.6) is 0 Å². The molecule has 1 aliphatic rings. The van der Waals surface area contributed by atoms with Crippen molar-refractivity contribution in [2.45, 2.75) is 64.2 Å². The molecule has 0 aromatic heterocycles. The SMILES string of the molecule is CCCC[C@H]1CC[C@H](c2ccc(CC=CF)cc2)CC1. The third kappa shape index (κ3) is 4.47. The molecule has 0 atom stereocenters. The Morgan fingerprint density at radius 2 is 1.80 bits per heavy atom. The molecule has 0 unspecified atom stereocenters. The zero-order valence-electron chi connectivity index (χ0n) is 12.7. The molecule has 0 heterocycles. The first-order valence-electron chi connectivity index (χ1n) is 8.17. The first kappa shape index (κ1) is 15.3. The highest BCUT2D eigenvalue weighted by molar-refractivity contribution is 5.27. The van der Waals surface area contributed by atoms with Gasteiger partial charge < -0.3 is 0 Å². The Morgan fingerprint density at radius 1 is 1.10 bits per heavy atom. The molecule has 0 radical (unpaired) electrons. The van der Waals surface area contributed by atoms with Crippen LogP contribution in [-0.4, -0.2) is 0 Å². The Bertz CT molecular complexity index is 396. The van der Waals surface area contributed by atoms with Gasteiger partial charge in [-0.3, -0.25) is 0 Å². The summed E-state index contributed by atoms with van der Waals surface area (Å²) in [5, 5.41) is 0. The van der Waals surface area contributed by atoms with Crippen LogP contribution in [0.2, 0.25) is 0 Å². The van der Waals surface area contributed by atoms with E-state index in [0.717, 1.165) is 11.8 Å². The van der Waals surface area contributed by atoms with Crippen molar-refractivity contribution in [1.29, 1.82) is 0 Å². The van der Waals surface area contributed by atoms with E-state index in [1.165, 1.54) is 56.1 Å². The van der Waals surface area contributed by atoms with Crippen LogP contribution in [0, 0.1) is 5.92 Å². The molecule has 110 valence electrons. The lowest BCUT2D eigenvalue weighted by Gasteiger charge is -2.29. The topological polar surface area (TPSA) is 0 Å². The van der Waals surface area contributed by atoms with E-state index < -0.39 is 0 Å². The smallest absolute Gasteiger partial charge is 0.0830 e. The number of unbranched alkanes of at least 4 members (excludes halogenated alkanes) is 1. The molecule has 0 spiro atoms. The van der Waals surface area contributed by atoms with Gasteiger partial charge in [-0.2, -0.15) is 0 Å². The lowest BCUT2D eigenvalue weighted by atomic mass is 9.77. The first-order chi connectivity index (χ1) is 9.83. The standard InChI is InChI=1S/C19H27F/c1-2-3-5-16-7-11-18(12-8-16)19-13-9-17(10-14-19)6-4-15-20/h4,9-10,13-16,18H,2-3,5-8,11-12H2,1H3/t16-,18-. The third-order valence-corrected chi connectivity index (χ3v) is 4.71. The Hall–Kier alpha value is -1.11. The number of hydrogen-bond donors (Lipinski definition) is 0. The number of hydrogen-bond acceptors (Lipinski definition) is 0. The molecule has 1 heteroatoms. The van der Waals surface area contributed by atoms with E-state index in [1.807, 2.05) is 0 Å². The van der Waals surface area contributed by atoms with Crippen molar-refractivity contribution in [3.63, 3.8) is 0 Å². The summed E-state index contributed by atoms with van der Waals surface area (Å²) in [5.74, 6) is 1.72. The normalized spacial score (nSPS) is 23.3. The number of halogens is 1. The zero-order chi connectivity index (χ0) is 14.2. The maximum absolute atomic E-state index is 12.0. The molecular weight excluding hydrogens is 247 g/mol. The number of rotatable bonds is 6. The summed E-state index contributed by atoms with van der Waals surface area (Å²) in [6.45, 7) is 2.28. The molecule has 20 heavy (non-hydrogen) atoms. The van der Waals surface area contributed by atoms with Gasteiger partial charge in [0.25, 0.3) is 0 Å². The second-order valence-corrected chi connectivity index (χ2v) is 6.17. The summed E-state index contributed by atoms with van der Waals surface area (Å²) in [6, 6.07) is 8.80. The van der Waals surface area contributed by atoms with Crippen molar-refractivity contribution in [3.8, 4) is 0 Å². The Balaban J connectivity index is 1.84. The highest BCUT2D eigenvalue weighted by Gasteiger charge is 2.21. The van der Waals surface area contributed by atoms with Crippen molar-refractivity contribution in [1.82, 2.24) is 0 Å². The molecular formula is C19H27F. The van der Waals surface area contributed by atoms with Gasteiger partial charge in [0, 0.05) is 0 Å². The first-order valence-corrected chi connectivity index (χ1v) is 8.17. The van der Waals surface area contributed by atoms with Crippen LogP contribution in [0.4, 0.5) is 4.39 Å². The van der Waals surface area contributed by atoms with Gasteiger partial charge in [0.1, 0.15) is 0 Å². The van der Waals surface area contributed by atoms with E-state index in [4.69, 9.17) is 0 Å². The van der Waals surface area contributed by atoms with Gasteiger partial charge in [-0.05, 0) is 55.1 Å². The van der Waals surface area contributed by atoms with Crippen molar-refractivity contribution in [2.75, 3.05) is 0 Å². The van der Waals surface area contributed by atoms with Gasteiger partial charge in [-0.1, -0.05) is 56.5 Å². The molecule has 0 nitrogen and oxygen atoms in total. The molecule has 2 rings (SSSR count). The molecule has 1 aliphatic carbocycles. The maximum Gasteiger partial charge on any atom is 0.0830 e. The van der Waals surface area contributed by atoms with Gasteiger partial charge in [0.2, 0.25) is 0 Å². The quantitative estimate of drug-likeness (QED) is 0.581. The molecule has 0 N–H and O–H groups in total. The minimum atomic E-state index is 0.630. The second kappa shape index (κ2) is 8.24. The summed E-state index contributed by atoms with van der Waals surface area (Å²) >= 11 is 0. The summed E-state index contributed by atoms with van der Waals surface area (Å²) in [4.78, 5) is 0. The van der Waals surface area contributed by atoms with Crippen LogP contribution < -0.4 is 0 Å². The van der Waals surface area contributed by atoms with Crippen LogP contribution in [-0.2, 0) is 6.42 Å². The predicted octanol–water partition coefficient (Wildman–Crippen LogP) is 6.18. The molecule has 0 saturated heterocycles. The molecule has 1 fully saturated rings. The van der Waals surface area contributed by atoms with Crippen LogP contribution in [0.3, 0.4) is 0 Å². The maximum atomic E-state index is 12.0. The van der Waals surface area contributed by atoms with Crippen LogP contribution in [0.15, 0.2) is 36.7 Å². The average molecular weight is 274 g/mol. The minimum absolute atomic E-state index is 0.630. The van der Waals surface area contributed by atoms with Gasteiger partial charge in [0.15, 0.2) is 0 Å². The van der Waals surface area contributed by atoms with Crippen LogP contribution in [0.1, 0.15) is 68.9 Å². The van der Waals surface area contributed by atoms with Crippen molar-refractivity contribution < 1.29 is 4.39 Å². The summed E-state index contributed by atoms with van der Waals surface area (Å²) in [5.41, 5.74) is 2.67. The minimum Gasteiger partial charge on any atom is -0.216 e. The second-order valence-electron chi connectivity index (χ2n) is 6.17. The molecule has 0 bridgehead atoms. The van der Waals surface area contributed by atoms with Crippen molar-refractivity contribution in [2.24, 2.45) is 5.92 Å². The lowest BCUT2D eigenvalue weighted by Crippen LogP contribution is -2.13. The largest absolute Gasteiger partial charge is 0.216 e. The summed E-state index contributed by atoms with van der Waals surface area (Å²) in [7, 11) is 0. The zero-order valence-corrected chi connectivity index (χ0v) is 12.7. The van der Waals surface area contributed by atoms with E-state index >= 15 is 0 Å². The van der Waals surface area contributed by atoms with Gasteiger partial charge in [-0.15, -0.1) is 0 Å². The van der Waals surface area contributed by atoms with Gasteiger partial charge >= 0.3 is 0 Å². The monoisotopic (exact) mass is 274 g/mol. The molecule has 0 aliphatic heterocycles. The van der Waals surface area contributed by atoms with Crippen LogP contribution in [0.25, 0.3) is 0 Å². The lowest BCUT2D eigenvalue weighted by molar-refractivity contribution is 0.304. The summed E-state index contributed by atoms with van der Waals surface area (Å²) < 4.78 is 12.0.